The van der Waals surface area contributed by atoms with Gasteiger partial charge in [-0.1, -0.05) is 31.4 Å². The van der Waals surface area contributed by atoms with Gasteiger partial charge in [0.05, 0.1) is 11.4 Å². The van der Waals surface area contributed by atoms with Gasteiger partial charge in [-0.25, -0.2) is 13.2 Å². The zero-order valence-corrected chi connectivity index (χ0v) is 17.7. The highest BCUT2D eigenvalue weighted by molar-refractivity contribution is 7.93. The normalized spacial score (nSPS) is 17.0. The molecule has 1 aromatic rings. The van der Waals surface area contributed by atoms with Crippen molar-refractivity contribution in [1.82, 2.24) is 5.32 Å². The van der Waals surface area contributed by atoms with Crippen molar-refractivity contribution in [3.8, 4) is 0 Å². The van der Waals surface area contributed by atoms with Crippen LogP contribution in [0.1, 0.15) is 71.0 Å². The fraction of sp³-hybridized carbons (Fsp3) is 0.650. The molecule has 0 bridgehead atoms. The van der Waals surface area contributed by atoms with E-state index in [0.29, 0.717) is 24.1 Å². The Morgan fingerprint density at radius 1 is 1.25 bits per heavy atom. The Kier molecular flexibility index (Phi) is 7.71. The van der Waals surface area contributed by atoms with Gasteiger partial charge >= 0.3 is 6.09 Å². The fourth-order valence-electron chi connectivity index (χ4n) is 3.22. The van der Waals surface area contributed by atoms with Crippen molar-refractivity contribution in [3.63, 3.8) is 0 Å². The van der Waals surface area contributed by atoms with Crippen LogP contribution in [-0.2, 0) is 14.8 Å². The number of nitrogens with one attached hydrogen (secondary N) is 2. The lowest BCUT2D eigenvalue weighted by Gasteiger charge is -2.23. The highest BCUT2D eigenvalue weighted by atomic mass is 32.2. The van der Waals surface area contributed by atoms with Crippen LogP contribution in [0.3, 0.4) is 0 Å². The van der Waals surface area contributed by atoms with Crippen molar-refractivity contribution in [1.29, 1.82) is 0 Å². The molecule has 0 aliphatic heterocycles. The third-order valence-electron chi connectivity index (χ3n) is 4.61. The maximum absolute atomic E-state index is 12.6. The van der Waals surface area contributed by atoms with Crippen LogP contribution in [-0.4, -0.2) is 37.0 Å². The summed E-state index contributed by atoms with van der Waals surface area (Å²) in [5, 5.41) is 12.6. The Balaban J connectivity index is 1.90. The van der Waals surface area contributed by atoms with Crippen molar-refractivity contribution >= 4 is 21.8 Å². The molecule has 1 aromatic carbocycles. The summed E-state index contributed by atoms with van der Waals surface area (Å²) in [6.07, 6.45) is 3.28. The van der Waals surface area contributed by atoms with Gasteiger partial charge in [-0.2, -0.15) is 0 Å². The summed E-state index contributed by atoms with van der Waals surface area (Å²) in [5.41, 5.74) is 0.462. The van der Waals surface area contributed by atoms with Crippen LogP contribution in [0.25, 0.3) is 0 Å². The number of amides is 1. The predicted octanol–water partition coefficient (Wildman–Crippen LogP) is 3.71. The number of rotatable bonds is 7. The van der Waals surface area contributed by atoms with E-state index in [-0.39, 0.29) is 18.2 Å². The molecule has 158 valence electrons. The summed E-state index contributed by atoms with van der Waals surface area (Å²) in [6, 6.07) is 6.75. The molecule has 0 radical (unpaired) electrons. The number of sulfonamides is 1. The first-order valence-electron chi connectivity index (χ1n) is 9.83. The third kappa shape index (κ3) is 7.31. The minimum atomic E-state index is -3.43. The molecule has 1 saturated carbocycles. The van der Waals surface area contributed by atoms with Gasteiger partial charge in [-0.15, -0.1) is 0 Å². The molecular formula is C20H32N2O5S. The second-order valence-electron chi connectivity index (χ2n) is 8.27. The average Bonchev–Trinajstić information content (AvgIpc) is 2.60. The first-order chi connectivity index (χ1) is 13.1. The van der Waals surface area contributed by atoms with Gasteiger partial charge in [0.25, 0.3) is 0 Å². The number of aliphatic hydroxyl groups excluding tert-OH is 1. The molecule has 28 heavy (non-hydrogen) atoms. The van der Waals surface area contributed by atoms with Gasteiger partial charge in [0, 0.05) is 12.2 Å². The van der Waals surface area contributed by atoms with Gasteiger partial charge in [-0.3, -0.25) is 4.72 Å². The maximum atomic E-state index is 12.6. The standard InChI is InChI=1S/C20H32N2O5S/c1-20(2,3)27-19(24)21-13-12-18(23)15-8-7-9-16(14-15)22-28(25,26)17-10-5-4-6-11-17/h7-9,14,17-18,22-23H,4-6,10-13H2,1-3H3,(H,21,24). The minimum absolute atomic E-state index is 0.244. The Hall–Kier alpha value is -1.80. The van der Waals surface area contributed by atoms with Gasteiger partial charge in [0.2, 0.25) is 10.0 Å². The average molecular weight is 413 g/mol. The quantitative estimate of drug-likeness (QED) is 0.633. The summed E-state index contributed by atoms with van der Waals surface area (Å²) in [4.78, 5) is 11.6. The molecule has 3 N–H and O–H groups in total. The van der Waals surface area contributed by atoms with Crippen LogP contribution in [0, 0.1) is 0 Å². The molecule has 7 nitrogen and oxygen atoms in total. The van der Waals surface area contributed by atoms with E-state index >= 15 is 0 Å². The fourth-order valence-corrected chi connectivity index (χ4v) is 4.80. The summed E-state index contributed by atoms with van der Waals surface area (Å²) in [5.74, 6) is 0. The number of alkyl carbamates (subject to hydrolysis) is 1. The molecule has 0 aromatic heterocycles. The van der Waals surface area contributed by atoms with E-state index in [4.69, 9.17) is 4.74 Å². The topological polar surface area (TPSA) is 105 Å². The first kappa shape index (κ1) is 22.5. The second-order valence-corrected chi connectivity index (χ2v) is 10.2. The van der Waals surface area contributed by atoms with Crippen LogP contribution in [0.5, 0.6) is 0 Å². The molecule has 1 aliphatic rings. The summed E-state index contributed by atoms with van der Waals surface area (Å²) < 4.78 is 32.9. The number of ether oxygens (including phenoxy) is 1. The molecule has 1 fully saturated rings. The molecule has 1 amide bonds. The molecule has 0 heterocycles. The minimum Gasteiger partial charge on any atom is -0.444 e. The number of carbonyl (C=O) groups is 1. The van der Waals surface area contributed by atoms with Crippen LogP contribution in [0.15, 0.2) is 24.3 Å². The monoisotopic (exact) mass is 412 g/mol. The van der Waals surface area contributed by atoms with E-state index in [1.807, 2.05) is 0 Å². The molecule has 1 unspecified atom stereocenters. The number of hydrogen-bond donors (Lipinski definition) is 3. The zero-order valence-electron chi connectivity index (χ0n) is 16.9. The second kappa shape index (κ2) is 9.60. The number of aliphatic hydroxyl groups is 1. The molecular weight excluding hydrogens is 380 g/mol. The van der Waals surface area contributed by atoms with Gasteiger partial charge < -0.3 is 15.2 Å². The Morgan fingerprint density at radius 2 is 1.93 bits per heavy atom. The lowest BCUT2D eigenvalue weighted by atomic mass is 10.0. The van der Waals surface area contributed by atoms with Crippen LogP contribution >= 0.6 is 0 Å². The Bertz CT molecular complexity index is 752. The highest BCUT2D eigenvalue weighted by Crippen LogP contribution is 2.26. The molecule has 2 rings (SSSR count). The molecule has 1 aliphatic carbocycles. The predicted molar refractivity (Wildman–Crippen MR) is 110 cm³/mol. The van der Waals surface area contributed by atoms with Crippen molar-refractivity contribution in [3.05, 3.63) is 29.8 Å². The van der Waals surface area contributed by atoms with Crippen molar-refractivity contribution < 1.29 is 23.1 Å². The van der Waals surface area contributed by atoms with E-state index < -0.39 is 27.8 Å². The van der Waals surface area contributed by atoms with Gasteiger partial charge in [0.15, 0.2) is 0 Å². The van der Waals surface area contributed by atoms with Crippen molar-refractivity contribution in [2.45, 2.75) is 76.3 Å². The van der Waals surface area contributed by atoms with Crippen LogP contribution in [0.2, 0.25) is 0 Å². The van der Waals surface area contributed by atoms with Crippen molar-refractivity contribution in [2.24, 2.45) is 0 Å². The van der Waals surface area contributed by atoms with E-state index in [1.54, 1.807) is 45.0 Å². The summed E-state index contributed by atoms with van der Waals surface area (Å²) in [7, 11) is -3.43. The highest BCUT2D eigenvalue weighted by Gasteiger charge is 2.27. The SMILES string of the molecule is CC(C)(C)OC(=O)NCCC(O)c1cccc(NS(=O)(=O)C2CCCCC2)c1. The van der Waals surface area contributed by atoms with Gasteiger partial charge in [0.1, 0.15) is 5.60 Å². The van der Waals surface area contributed by atoms with E-state index in [9.17, 15) is 18.3 Å². The van der Waals surface area contributed by atoms with Crippen LogP contribution in [0.4, 0.5) is 10.5 Å². The summed E-state index contributed by atoms with van der Waals surface area (Å²) in [6.45, 7) is 5.58. The number of benzene rings is 1. The first-order valence-corrected chi connectivity index (χ1v) is 11.4. The lowest BCUT2D eigenvalue weighted by Crippen LogP contribution is -2.33. The number of hydrogen-bond acceptors (Lipinski definition) is 5. The molecule has 0 saturated heterocycles. The largest absolute Gasteiger partial charge is 0.444 e. The van der Waals surface area contributed by atoms with E-state index in [2.05, 4.69) is 10.0 Å². The Labute approximate surface area is 167 Å². The zero-order chi connectivity index (χ0) is 20.8. The van der Waals surface area contributed by atoms with E-state index in [1.165, 1.54) is 0 Å². The van der Waals surface area contributed by atoms with Crippen molar-refractivity contribution in [2.75, 3.05) is 11.3 Å². The summed E-state index contributed by atoms with van der Waals surface area (Å²) >= 11 is 0. The van der Waals surface area contributed by atoms with Gasteiger partial charge in [-0.05, 0) is 57.7 Å². The maximum Gasteiger partial charge on any atom is 0.407 e. The Morgan fingerprint density at radius 3 is 2.57 bits per heavy atom. The number of anilines is 1. The number of carbonyl (C=O) groups excluding carboxylic acids is 1. The smallest absolute Gasteiger partial charge is 0.407 e. The third-order valence-corrected chi connectivity index (χ3v) is 6.48. The van der Waals surface area contributed by atoms with Crippen LogP contribution < -0.4 is 10.0 Å². The molecule has 1 atom stereocenters. The van der Waals surface area contributed by atoms with E-state index in [0.717, 1.165) is 19.3 Å². The molecule has 8 heteroatoms. The lowest BCUT2D eigenvalue weighted by molar-refractivity contribution is 0.0518. The molecule has 0 spiro atoms.